The number of rotatable bonds is 5. The fraction of sp³-hybridized carbons (Fsp3) is 0.571. The number of hydrogen-bond donors (Lipinski definition) is 1. The average Bonchev–Trinajstić information content (AvgIpc) is 3.12. The van der Waals surface area contributed by atoms with Crippen molar-refractivity contribution in [1.29, 1.82) is 0 Å². The molecule has 1 aliphatic carbocycles. The lowest BCUT2D eigenvalue weighted by Gasteiger charge is -2.27. The molecule has 2 rings (SSSR count). The van der Waals surface area contributed by atoms with Crippen molar-refractivity contribution in [3.8, 4) is 0 Å². The van der Waals surface area contributed by atoms with E-state index in [0.29, 0.717) is 12.6 Å². The molecular formula is C14H20FNO. The maximum atomic E-state index is 12.8. The number of aliphatic hydroxyl groups is 1. The Morgan fingerprint density at radius 2 is 1.94 bits per heavy atom. The van der Waals surface area contributed by atoms with Gasteiger partial charge in [0.15, 0.2) is 0 Å². The standard InChI is InChI=1S/C14H20FNO/c1-10(11-3-4-11)16(2)9-14(17)12-5-7-13(15)8-6-12/h5-8,10-11,14,17H,3-4,9H2,1-2H3. The third-order valence-corrected chi connectivity index (χ3v) is 3.72. The molecule has 0 bridgehead atoms. The Hall–Kier alpha value is -0.930. The van der Waals surface area contributed by atoms with E-state index in [1.165, 1.54) is 25.0 Å². The van der Waals surface area contributed by atoms with Crippen molar-refractivity contribution in [3.05, 3.63) is 35.6 Å². The van der Waals surface area contributed by atoms with Crippen LogP contribution in [0.25, 0.3) is 0 Å². The summed E-state index contributed by atoms with van der Waals surface area (Å²) in [6, 6.07) is 6.60. The number of aliphatic hydroxyl groups excluding tert-OH is 1. The van der Waals surface area contributed by atoms with Crippen LogP contribution in [0.5, 0.6) is 0 Å². The van der Waals surface area contributed by atoms with Crippen LogP contribution in [0.3, 0.4) is 0 Å². The summed E-state index contributed by atoms with van der Waals surface area (Å²) in [5.74, 6) is 0.529. The monoisotopic (exact) mass is 237 g/mol. The van der Waals surface area contributed by atoms with E-state index in [2.05, 4.69) is 11.8 Å². The van der Waals surface area contributed by atoms with E-state index in [1.54, 1.807) is 12.1 Å². The zero-order valence-corrected chi connectivity index (χ0v) is 10.4. The quantitative estimate of drug-likeness (QED) is 0.851. The van der Waals surface area contributed by atoms with Gasteiger partial charge in [-0.15, -0.1) is 0 Å². The van der Waals surface area contributed by atoms with Gasteiger partial charge in [0.2, 0.25) is 0 Å². The van der Waals surface area contributed by atoms with Crippen molar-refractivity contribution < 1.29 is 9.50 Å². The summed E-state index contributed by atoms with van der Waals surface area (Å²) in [5, 5.41) is 10.1. The molecule has 1 fully saturated rings. The molecule has 1 N–H and O–H groups in total. The van der Waals surface area contributed by atoms with Gasteiger partial charge in [0.25, 0.3) is 0 Å². The van der Waals surface area contributed by atoms with Crippen LogP contribution in [0.4, 0.5) is 4.39 Å². The Bertz CT molecular complexity index is 361. The first kappa shape index (κ1) is 12.5. The average molecular weight is 237 g/mol. The van der Waals surface area contributed by atoms with E-state index in [1.807, 2.05) is 7.05 Å². The highest BCUT2D eigenvalue weighted by Crippen LogP contribution is 2.35. The molecule has 1 aromatic carbocycles. The first-order valence-corrected chi connectivity index (χ1v) is 6.21. The first-order valence-electron chi connectivity index (χ1n) is 6.21. The van der Waals surface area contributed by atoms with E-state index in [4.69, 9.17) is 0 Å². The van der Waals surface area contributed by atoms with Gasteiger partial charge < -0.3 is 10.0 Å². The molecule has 0 amide bonds. The minimum Gasteiger partial charge on any atom is -0.387 e. The third-order valence-electron chi connectivity index (χ3n) is 3.72. The SMILES string of the molecule is CC(C1CC1)N(C)CC(O)c1ccc(F)cc1. The van der Waals surface area contributed by atoms with Crippen molar-refractivity contribution in [2.24, 2.45) is 5.92 Å². The Balaban J connectivity index is 1.91. The number of benzene rings is 1. The molecule has 0 spiro atoms. The summed E-state index contributed by atoms with van der Waals surface area (Å²) in [7, 11) is 2.04. The van der Waals surface area contributed by atoms with Gasteiger partial charge in [-0.05, 0) is 50.4 Å². The largest absolute Gasteiger partial charge is 0.387 e. The van der Waals surface area contributed by atoms with Gasteiger partial charge >= 0.3 is 0 Å². The van der Waals surface area contributed by atoms with Crippen molar-refractivity contribution in [3.63, 3.8) is 0 Å². The van der Waals surface area contributed by atoms with Crippen LogP contribution in [0.2, 0.25) is 0 Å². The summed E-state index contributed by atoms with van der Waals surface area (Å²) < 4.78 is 12.8. The highest BCUT2D eigenvalue weighted by molar-refractivity contribution is 5.18. The van der Waals surface area contributed by atoms with Gasteiger partial charge in [-0.2, -0.15) is 0 Å². The highest BCUT2D eigenvalue weighted by Gasteiger charge is 2.31. The van der Waals surface area contributed by atoms with Crippen molar-refractivity contribution in [1.82, 2.24) is 4.90 Å². The van der Waals surface area contributed by atoms with Crippen LogP contribution >= 0.6 is 0 Å². The minimum absolute atomic E-state index is 0.263. The Kier molecular flexibility index (Phi) is 3.79. The van der Waals surface area contributed by atoms with Crippen molar-refractivity contribution >= 4 is 0 Å². The molecule has 0 aliphatic heterocycles. The molecule has 17 heavy (non-hydrogen) atoms. The first-order chi connectivity index (χ1) is 8.08. The molecule has 1 aliphatic rings. The number of nitrogens with zero attached hydrogens (tertiary/aromatic N) is 1. The second-order valence-electron chi connectivity index (χ2n) is 5.08. The van der Waals surface area contributed by atoms with Gasteiger partial charge in [-0.3, -0.25) is 0 Å². The van der Waals surface area contributed by atoms with Crippen LogP contribution in [0.1, 0.15) is 31.4 Å². The molecule has 2 nitrogen and oxygen atoms in total. The van der Waals surface area contributed by atoms with Gasteiger partial charge in [-0.25, -0.2) is 4.39 Å². The Labute approximate surface area is 102 Å². The summed E-state index contributed by atoms with van der Waals surface area (Å²) in [4.78, 5) is 2.19. The van der Waals surface area contributed by atoms with E-state index < -0.39 is 6.10 Å². The smallest absolute Gasteiger partial charge is 0.123 e. The molecule has 2 unspecified atom stereocenters. The van der Waals surface area contributed by atoms with Crippen LogP contribution in [0, 0.1) is 11.7 Å². The molecule has 0 heterocycles. The second-order valence-corrected chi connectivity index (χ2v) is 5.08. The highest BCUT2D eigenvalue weighted by atomic mass is 19.1. The molecular weight excluding hydrogens is 217 g/mol. The molecule has 0 saturated heterocycles. The van der Waals surface area contributed by atoms with Gasteiger partial charge in [-0.1, -0.05) is 12.1 Å². The van der Waals surface area contributed by atoms with E-state index in [0.717, 1.165) is 11.5 Å². The van der Waals surface area contributed by atoms with Crippen LogP contribution in [0.15, 0.2) is 24.3 Å². The molecule has 1 aromatic rings. The summed E-state index contributed by atoms with van der Waals surface area (Å²) >= 11 is 0. The minimum atomic E-state index is -0.540. The van der Waals surface area contributed by atoms with E-state index in [9.17, 15) is 9.50 Å². The number of hydrogen-bond acceptors (Lipinski definition) is 2. The molecule has 0 aromatic heterocycles. The Morgan fingerprint density at radius 1 is 1.35 bits per heavy atom. The topological polar surface area (TPSA) is 23.5 Å². The maximum Gasteiger partial charge on any atom is 0.123 e. The van der Waals surface area contributed by atoms with Crippen LogP contribution < -0.4 is 0 Å². The summed E-state index contributed by atoms with van der Waals surface area (Å²) in [5.41, 5.74) is 0.779. The lowest BCUT2D eigenvalue weighted by molar-refractivity contribution is 0.102. The maximum absolute atomic E-state index is 12.8. The fourth-order valence-electron chi connectivity index (χ4n) is 2.17. The zero-order valence-electron chi connectivity index (χ0n) is 10.4. The third kappa shape index (κ3) is 3.27. The predicted molar refractivity (Wildman–Crippen MR) is 66.2 cm³/mol. The molecule has 3 heteroatoms. The lowest BCUT2D eigenvalue weighted by atomic mass is 10.1. The number of likely N-dealkylation sites (N-methyl/N-ethyl adjacent to an activating group) is 1. The van der Waals surface area contributed by atoms with Crippen LogP contribution in [-0.2, 0) is 0 Å². The molecule has 1 saturated carbocycles. The van der Waals surface area contributed by atoms with Gasteiger partial charge in [0.05, 0.1) is 6.10 Å². The van der Waals surface area contributed by atoms with Gasteiger partial charge in [0.1, 0.15) is 5.82 Å². The van der Waals surface area contributed by atoms with Crippen molar-refractivity contribution in [2.75, 3.05) is 13.6 Å². The summed E-state index contributed by atoms with van der Waals surface area (Å²) in [6.07, 6.45) is 2.07. The molecule has 2 atom stereocenters. The molecule has 0 radical (unpaired) electrons. The predicted octanol–water partition coefficient (Wildman–Crippen LogP) is 2.59. The zero-order chi connectivity index (χ0) is 12.4. The Morgan fingerprint density at radius 3 is 2.47 bits per heavy atom. The normalized spacial score (nSPS) is 19.4. The molecule has 94 valence electrons. The van der Waals surface area contributed by atoms with Gasteiger partial charge in [0, 0.05) is 12.6 Å². The van der Waals surface area contributed by atoms with E-state index >= 15 is 0 Å². The van der Waals surface area contributed by atoms with E-state index in [-0.39, 0.29) is 5.82 Å². The van der Waals surface area contributed by atoms with Crippen molar-refractivity contribution in [2.45, 2.75) is 31.9 Å². The van der Waals surface area contributed by atoms with Crippen LogP contribution in [-0.4, -0.2) is 29.6 Å². The number of halogens is 1. The lowest BCUT2D eigenvalue weighted by Crippen LogP contribution is -2.34. The second kappa shape index (κ2) is 5.15. The fourth-order valence-corrected chi connectivity index (χ4v) is 2.17. The summed E-state index contributed by atoms with van der Waals surface area (Å²) in [6.45, 7) is 2.80.